The van der Waals surface area contributed by atoms with Crippen LogP contribution in [0.2, 0.25) is 0 Å². The largest absolute Gasteiger partial charge is 0.493 e. The zero-order valence-electron chi connectivity index (χ0n) is 12.1. The molecule has 3 nitrogen and oxygen atoms in total. The number of aromatic nitrogens is 1. The molecule has 0 fully saturated rings. The highest BCUT2D eigenvalue weighted by Gasteiger charge is 2.12. The summed E-state index contributed by atoms with van der Waals surface area (Å²) in [5.41, 5.74) is 7.09. The van der Waals surface area contributed by atoms with Crippen molar-refractivity contribution in [2.45, 2.75) is 30.4 Å². The lowest BCUT2D eigenvalue weighted by molar-refractivity contribution is 0.343. The molecular formula is C15H20N2OS2. The molecule has 0 saturated heterocycles. The van der Waals surface area contributed by atoms with Gasteiger partial charge in [0.1, 0.15) is 5.75 Å². The van der Waals surface area contributed by atoms with Crippen LogP contribution in [0.15, 0.2) is 34.7 Å². The fraction of sp³-hybridized carbons (Fsp3) is 0.400. The number of hydrogen-bond donors (Lipinski definition) is 1. The van der Waals surface area contributed by atoms with Crippen LogP contribution in [0.5, 0.6) is 5.75 Å². The minimum Gasteiger partial charge on any atom is -0.493 e. The highest BCUT2D eigenvalue weighted by molar-refractivity contribution is 8.01. The number of hydrogen-bond acceptors (Lipinski definition) is 5. The minimum atomic E-state index is 0.181. The molecule has 108 valence electrons. The Labute approximate surface area is 128 Å². The predicted octanol–water partition coefficient (Wildman–Crippen LogP) is 4.19. The number of nitrogens with zero attached hydrogens (tertiary/aromatic N) is 1. The van der Waals surface area contributed by atoms with Gasteiger partial charge in [0.25, 0.3) is 0 Å². The zero-order chi connectivity index (χ0) is 14.6. The monoisotopic (exact) mass is 308 g/mol. The second-order valence-electron chi connectivity index (χ2n) is 5.49. The fourth-order valence-electron chi connectivity index (χ4n) is 1.69. The van der Waals surface area contributed by atoms with E-state index in [1.807, 2.05) is 18.3 Å². The number of nitrogen functional groups attached to an aromatic ring is 1. The Kier molecular flexibility index (Phi) is 4.94. The van der Waals surface area contributed by atoms with Gasteiger partial charge in [-0.1, -0.05) is 44.2 Å². The molecular weight excluding hydrogens is 288 g/mol. The normalized spacial score (nSPS) is 11.6. The van der Waals surface area contributed by atoms with Crippen molar-refractivity contribution in [3.63, 3.8) is 0 Å². The van der Waals surface area contributed by atoms with Gasteiger partial charge in [-0.25, -0.2) is 4.98 Å². The quantitative estimate of drug-likeness (QED) is 0.664. The first-order valence-electron chi connectivity index (χ1n) is 6.52. The van der Waals surface area contributed by atoms with E-state index in [0.29, 0.717) is 11.7 Å². The summed E-state index contributed by atoms with van der Waals surface area (Å²) in [5.74, 6) is 1.81. The topological polar surface area (TPSA) is 48.1 Å². The predicted molar refractivity (Wildman–Crippen MR) is 87.9 cm³/mol. The second kappa shape index (κ2) is 6.50. The molecule has 0 bridgehead atoms. The summed E-state index contributed by atoms with van der Waals surface area (Å²) in [5, 5.41) is 0.617. The lowest BCUT2D eigenvalue weighted by Gasteiger charge is -2.19. The van der Waals surface area contributed by atoms with Gasteiger partial charge in [0.15, 0.2) is 5.13 Å². The lowest BCUT2D eigenvalue weighted by atomic mass is 9.87. The summed E-state index contributed by atoms with van der Waals surface area (Å²) in [6.45, 7) is 7.30. The molecule has 0 radical (unpaired) electrons. The summed E-state index contributed by atoms with van der Waals surface area (Å²) in [6, 6.07) is 8.34. The third-order valence-corrected chi connectivity index (χ3v) is 4.80. The maximum atomic E-state index is 5.73. The van der Waals surface area contributed by atoms with E-state index in [2.05, 4.69) is 37.9 Å². The van der Waals surface area contributed by atoms with Gasteiger partial charge in [-0.2, -0.15) is 0 Å². The number of benzene rings is 1. The third kappa shape index (κ3) is 4.42. The van der Waals surface area contributed by atoms with Crippen molar-refractivity contribution < 1.29 is 4.74 Å². The van der Waals surface area contributed by atoms with Crippen LogP contribution in [0.4, 0.5) is 5.13 Å². The smallest absolute Gasteiger partial charge is 0.181 e. The number of nitrogens with two attached hydrogens (primary N) is 1. The first-order chi connectivity index (χ1) is 9.45. The molecule has 0 amide bonds. The molecule has 1 heterocycles. The molecule has 1 aromatic heterocycles. The fourth-order valence-corrected chi connectivity index (χ4v) is 3.35. The molecule has 0 saturated carbocycles. The van der Waals surface area contributed by atoms with E-state index in [1.54, 1.807) is 11.8 Å². The minimum absolute atomic E-state index is 0.181. The van der Waals surface area contributed by atoms with Crippen LogP contribution >= 0.6 is 23.1 Å². The Morgan fingerprint density at radius 2 is 1.95 bits per heavy atom. The molecule has 1 aromatic carbocycles. The summed E-state index contributed by atoms with van der Waals surface area (Å²) in [7, 11) is 0. The van der Waals surface area contributed by atoms with Crippen molar-refractivity contribution in [1.82, 2.24) is 4.98 Å². The zero-order valence-corrected chi connectivity index (χ0v) is 13.7. The van der Waals surface area contributed by atoms with E-state index in [0.717, 1.165) is 15.7 Å². The number of thioether (sulfide) groups is 1. The molecule has 2 aromatic rings. The van der Waals surface area contributed by atoms with Crippen LogP contribution in [0.25, 0.3) is 0 Å². The summed E-state index contributed by atoms with van der Waals surface area (Å²) < 4.78 is 6.87. The molecule has 0 aliphatic rings. The maximum absolute atomic E-state index is 5.73. The van der Waals surface area contributed by atoms with Crippen molar-refractivity contribution >= 4 is 28.2 Å². The molecule has 0 aliphatic heterocycles. The van der Waals surface area contributed by atoms with Crippen molar-refractivity contribution in [3.8, 4) is 5.75 Å². The van der Waals surface area contributed by atoms with Gasteiger partial charge in [-0.15, -0.1) is 11.8 Å². The average Bonchev–Trinajstić information content (AvgIpc) is 2.80. The highest BCUT2D eigenvalue weighted by Crippen LogP contribution is 2.27. The Bertz CT molecular complexity index is 544. The first kappa shape index (κ1) is 15.2. The average molecular weight is 308 g/mol. The van der Waals surface area contributed by atoms with E-state index in [9.17, 15) is 0 Å². The van der Waals surface area contributed by atoms with Gasteiger partial charge >= 0.3 is 0 Å². The van der Waals surface area contributed by atoms with Crippen LogP contribution in [0, 0.1) is 0 Å². The maximum Gasteiger partial charge on any atom is 0.181 e. The molecule has 0 atom stereocenters. The van der Waals surface area contributed by atoms with Crippen LogP contribution < -0.4 is 10.5 Å². The number of ether oxygens (including phenoxy) is 1. The second-order valence-corrected chi connectivity index (χ2v) is 7.95. The van der Waals surface area contributed by atoms with Gasteiger partial charge in [0.2, 0.25) is 0 Å². The molecule has 5 heteroatoms. The van der Waals surface area contributed by atoms with Gasteiger partial charge in [-0.3, -0.25) is 0 Å². The Hall–Kier alpha value is -1.20. The van der Waals surface area contributed by atoms with E-state index in [1.165, 1.54) is 16.9 Å². The Morgan fingerprint density at radius 3 is 2.50 bits per heavy atom. The Balaban J connectivity index is 1.77. The third-order valence-electron chi connectivity index (χ3n) is 2.82. The van der Waals surface area contributed by atoms with Crippen molar-refractivity contribution in [2.24, 2.45) is 0 Å². The summed E-state index contributed by atoms with van der Waals surface area (Å²) >= 11 is 3.23. The van der Waals surface area contributed by atoms with E-state index >= 15 is 0 Å². The molecule has 0 unspecified atom stereocenters. The summed E-state index contributed by atoms with van der Waals surface area (Å²) in [4.78, 5) is 4.02. The number of thiazole rings is 1. The molecule has 2 rings (SSSR count). The van der Waals surface area contributed by atoms with E-state index < -0.39 is 0 Å². The number of rotatable bonds is 5. The van der Waals surface area contributed by atoms with E-state index in [-0.39, 0.29) is 5.41 Å². The van der Waals surface area contributed by atoms with Crippen LogP contribution in [-0.4, -0.2) is 17.3 Å². The van der Waals surface area contributed by atoms with Gasteiger partial charge in [0.05, 0.1) is 17.0 Å². The lowest BCUT2D eigenvalue weighted by Crippen LogP contribution is -2.10. The molecule has 0 spiro atoms. The van der Waals surface area contributed by atoms with Crippen molar-refractivity contribution in [1.29, 1.82) is 0 Å². The summed E-state index contributed by atoms with van der Waals surface area (Å²) in [6.07, 6.45) is 1.81. The highest BCUT2D eigenvalue weighted by atomic mass is 32.2. The molecule has 2 N–H and O–H groups in total. The van der Waals surface area contributed by atoms with Crippen LogP contribution in [0.3, 0.4) is 0 Å². The standard InChI is InChI=1S/C15H20N2OS2/c1-15(2,3)11-4-6-12(7-5-11)18-8-9-19-13-10-17-14(16)20-13/h4-7,10H,8-9H2,1-3H3,(H2,16,17). The molecule has 0 aliphatic carbocycles. The van der Waals surface area contributed by atoms with Crippen molar-refractivity contribution in [2.75, 3.05) is 18.1 Å². The van der Waals surface area contributed by atoms with Crippen molar-refractivity contribution in [3.05, 3.63) is 36.0 Å². The van der Waals surface area contributed by atoms with Gasteiger partial charge in [0, 0.05) is 5.75 Å². The van der Waals surface area contributed by atoms with Crippen LogP contribution in [-0.2, 0) is 5.41 Å². The van der Waals surface area contributed by atoms with E-state index in [4.69, 9.17) is 10.5 Å². The SMILES string of the molecule is CC(C)(C)c1ccc(OCCSc2cnc(N)s2)cc1. The number of anilines is 1. The first-order valence-corrected chi connectivity index (χ1v) is 8.33. The van der Waals surface area contributed by atoms with Crippen LogP contribution in [0.1, 0.15) is 26.3 Å². The molecule has 20 heavy (non-hydrogen) atoms. The Morgan fingerprint density at radius 1 is 1.25 bits per heavy atom. The van der Waals surface area contributed by atoms with Gasteiger partial charge < -0.3 is 10.5 Å². The van der Waals surface area contributed by atoms with Gasteiger partial charge in [-0.05, 0) is 23.1 Å².